The van der Waals surface area contributed by atoms with E-state index < -0.39 is 0 Å². The van der Waals surface area contributed by atoms with E-state index in [4.69, 9.17) is 4.98 Å². The number of nitrogens with zero attached hydrogens (tertiary/aromatic N) is 4. The number of amides is 1. The smallest absolute Gasteiger partial charge is 0.228 e. The van der Waals surface area contributed by atoms with Gasteiger partial charge in [-0.05, 0) is 82.3 Å². The van der Waals surface area contributed by atoms with Crippen LogP contribution in [-0.4, -0.2) is 47.0 Å². The zero-order valence-corrected chi connectivity index (χ0v) is 19.9. The monoisotopic (exact) mass is 445 g/mol. The molecule has 1 saturated heterocycles. The van der Waals surface area contributed by atoms with Crippen molar-refractivity contribution >= 4 is 23.2 Å². The summed E-state index contributed by atoms with van der Waals surface area (Å²) in [7, 11) is 0. The normalized spacial score (nSPS) is 30.5. The molecule has 1 aromatic carbocycles. The highest BCUT2D eigenvalue weighted by Gasteiger charge is 2.55. The molecule has 0 atom stereocenters. The summed E-state index contributed by atoms with van der Waals surface area (Å²) < 4.78 is 0. The summed E-state index contributed by atoms with van der Waals surface area (Å²) in [6.07, 6.45) is 7.59. The second-order valence-corrected chi connectivity index (χ2v) is 11.1. The molecule has 0 unspecified atom stereocenters. The largest absolute Gasteiger partial charge is 0.353 e. The Hall–Kier alpha value is -2.63. The Morgan fingerprint density at radius 1 is 0.909 bits per heavy atom. The average Bonchev–Trinajstić information content (AvgIpc) is 2.79. The lowest BCUT2D eigenvalue weighted by atomic mass is 9.49. The van der Waals surface area contributed by atoms with Crippen molar-refractivity contribution in [2.45, 2.75) is 52.4 Å². The second-order valence-electron chi connectivity index (χ2n) is 11.1. The summed E-state index contributed by atoms with van der Waals surface area (Å²) in [6, 6.07) is 10.4. The molecule has 1 aliphatic heterocycles. The van der Waals surface area contributed by atoms with Gasteiger partial charge in [0, 0.05) is 37.9 Å². The average molecular weight is 446 g/mol. The van der Waals surface area contributed by atoms with Gasteiger partial charge in [-0.25, -0.2) is 9.97 Å². The van der Waals surface area contributed by atoms with Crippen LogP contribution in [0.1, 0.15) is 49.9 Å². The maximum absolute atomic E-state index is 13.7. The summed E-state index contributed by atoms with van der Waals surface area (Å²) in [5.74, 6) is 5.41. The van der Waals surface area contributed by atoms with E-state index in [0.717, 1.165) is 86.3 Å². The van der Waals surface area contributed by atoms with Crippen molar-refractivity contribution in [3.8, 4) is 0 Å². The summed E-state index contributed by atoms with van der Waals surface area (Å²) in [4.78, 5) is 27.5. The molecule has 6 heteroatoms. The number of aromatic nitrogens is 2. The Kier molecular flexibility index (Phi) is 5.07. The molecule has 7 rings (SSSR count). The van der Waals surface area contributed by atoms with Crippen molar-refractivity contribution in [2.75, 3.05) is 36.4 Å². The minimum Gasteiger partial charge on any atom is -0.353 e. The van der Waals surface area contributed by atoms with Gasteiger partial charge in [0.25, 0.3) is 0 Å². The van der Waals surface area contributed by atoms with E-state index in [-0.39, 0.29) is 5.41 Å². The zero-order valence-electron chi connectivity index (χ0n) is 19.9. The van der Waals surface area contributed by atoms with Gasteiger partial charge in [-0.1, -0.05) is 17.7 Å². The molecule has 0 radical (unpaired) electrons. The Morgan fingerprint density at radius 2 is 1.52 bits per heavy atom. The van der Waals surface area contributed by atoms with E-state index >= 15 is 0 Å². The number of carbonyl (C=O) groups is 1. The fourth-order valence-corrected chi connectivity index (χ4v) is 7.41. The van der Waals surface area contributed by atoms with E-state index in [1.165, 1.54) is 24.8 Å². The number of anilines is 3. The lowest BCUT2D eigenvalue weighted by Crippen LogP contribution is -2.58. The van der Waals surface area contributed by atoms with Crippen molar-refractivity contribution in [3.05, 3.63) is 41.7 Å². The molecular weight excluding hydrogens is 410 g/mol. The highest BCUT2D eigenvalue weighted by molar-refractivity contribution is 5.83. The van der Waals surface area contributed by atoms with Crippen molar-refractivity contribution in [1.82, 2.24) is 14.9 Å². The first kappa shape index (κ1) is 20.9. The maximum atomic E-state index is 13.7. The first-order chi connectivity index (χ1) is 16.0. The van der Waals surface area contributed by atoms with Crippen LogP contribution >= 0.6 is 0 Å². The molecular formula is C27H35N5O. The molecule has 33 heavy (non-hydrogen) atoms. The van der Waals surface area contributed by atoms with Gasteiger partial charge in [-0.15, -0.1) is 0 Å². The summed E-state index contributed by atoms with van der Waals surface area (Å²) in [5.41, 5.74) is 2.23. The van der Waals surface area contributed by atoms with Gasteiger partial charge in [0.1, 0.15) is 17.5 Å². The molecule has 0 spiro atoms. The Labute approximate surface area is 196 Å². The highest BCUT2D eigenvalue weighted by atomic mass is 16.2. The molecule has 174 valence electrons. The van der Waals surface area contributed by atoms with Crippen LogP contribution in [0.3, 0.4) is 0 Å². The number of nitrogens with one attached hydrogen (secondary N) is 1. The molecule has 4 bridgehead atoms. The van der Waals surface area contributed by atoms with Crippen molar-refractivity contribution < 1.29 is 4.79 Å². The summed E-state index contributed by atoms with van der Waals surface area (Å²) >= 11 is 0. The number of hydrogen-bond donors (Lipinski definition) is 1. The third-order valence-electron chi connectivity index (χ3n) is 8.53. The molecule has 1 aromatic heterocycles. The van der Waals surface area contributed by atoms with Crippen LogP contribution in [-0.2, 0) is 4.79 Å². The third-order valence-corrected chi connectivity index (χ3v) is 8.53. The molecule has 6 nitrogen and oxygen atoms in total. The predicted octanol–water partition coefficient (Wildman–Crippen LogP) is 4.70. The van der Waals surface area contributed by atoms with Gasteiger partial charge in [-0.2, -0.15) is 0 Å². The van der Waals surface area contributed by atoms with E-state index in [0.29, 0.717) is 5.91 Å². The van der Waals surface area contributed by atoms with E-state index in [2.05, 4.69) is 51.3 Å². The topological polar surface area (TPSA) is 61.4 Å². The highest BCUT2D eigenvalue weighted by Crippen LogP contribution is 2.60. The Balaban J connectivity index is 1.12. The first-order valence-corrected chi connectivity index (χ1v) is 12.7. The van der Waals surface area contributed by atoms with Crippen LogP contribution in [0.15, 0.2) is 30.3 Å². The van der Waals surface area contributed by atoms with Gasteiger partial charge in [0.15, 0.2) is 0 Å². The quantitative estimate of drug-likeness (QED) is 0.739. The van der Waals surface area contributed by atoms with Crippen LogP contribution in [0, 0.1) is 37.0 Å². The third kappa shape index (κ3) is 3.98. The number of carbonyl (C=O) groups excluding carboxylic acids is 1. The lowest BCUT2D eigenvalue weighted by Gasteiger charge is -2.57. The fourth-order valence-electron chi connectivity index (χ4n) is 7.41. The number of rotatable bonds is 4. The minimum absolute atomic E-state index is 0.0342. The van der Waals surface area contributed by atoms with Crippen LogP contribution in [0.5, 0.6) is 0 Å². The van der Waals surface area contributed by atoms with Crippen LogP contribution < -0.4 is 10.2 Å². The van der Waals surface area contributed by atoms with E-state index in [9.17, 15) is 4.79 Å². The number of benzene rings is 1. The van der Waals surface area contributed by atoms with Gasteiger partial charge in [0.2, 0.25) is 5.91 Å². The minimum atomic E-state index is -0.0342. The van der Waals surface area contributed by atoms with Gasteiger partial charge < -0.3 is 15.1 Å². The standard InChI is InChI=1S/C27H35N5O/c1-18-3-5-23(6-4-18)30-24-14-25(29-19(2)28-24)31-7-9-32(10-8-31)26(33)27-15-20-11-21(16-27)13-22(12-20)17-27/h3-6,14,20-22H,7-13,15-17H2,1-2H3,(H,28,29,30). The van der Waals surface area contributed by atoms with Crippen LogP contribution in [0.25, 0.3) is 0 Å². The SMILES string of the molecule is Cc1ccc(Nc2cc(N3CCN(C(=O)C45CC6CC(CC(C6)C4)C5)CC3)nc(C)n2)cc1. The van der Waals surface area contributed by atoms with Crippen molar-refractivity contribution in [2.24, 2.45) is 23.2 Å². The maximum Gasteiger partial charge on any atom is 0.228 e. The van der Waals surface area contributed by atoms with E-state index in [1.54, 1.807) is 0 Å². The molecule has 4 saturated carbocycles. The lowest BCUT2D eigenvalue weighted by molar-refractivity contribution is -0.158. The second kappa shape index (κ2) is 8.00. The van der Waals surface area contributed by atoms with Crippen molar-refractivity contribution in [3.63, 3.8) is 0 Å². The fraction of sp³-hybridized carbons (Fsp3) is 0.593. The van der Waals surface area contributed by atoms with E-state index in [1.807, 2.05) is 13.0 Å². The Morgan fingerprint density at radius 3 is 2.12 bits per heavy atom. The summed E-state index contributed by atoms with van der Waals surface area (Å²) in [6.45, 7) is 7.28. The van der Waals surface area contributed by atoms with Crippen LogP contribution in [0.2, 0.25) is 0 Å². The predicted molar refractivity (Wildman–Crippen MR) is 131 cm³/mol. The van der Waals surface area contributed by atoms with Crippen molar-refractivity contribution in [1.29, 1.82) is 0 Å². The first-order valence-electron chi connectivity index (χ1n) is 12.7. The van der Waals surface area contributed by atoms with Gasteiger partial charge in [0.05, 0.1) is 5.41 Å². The molecule has 1 amide bonds. The molecule has 5 aliphatic rings. The van der Waals surface area contributed by atoms with Crippen LogP contribution in [0.4, 0.5) is 17.3 Å². The number of piperazine rings is 1. The molecule has 2 heterocycles. The molecule has 1 N–H and O–H groups in total. The number of aryl methyl sites for hydroxylation is 2. The molecule has 4 aliphatic carbocycles. The molecule has 2 aromatic rings. The Bertz CT molecular complexity index is 1010. The molecule has 5 fully saturated rings. The zero-order chi connectivity index (χ0) is 22.6. The summed E-state index contributed by atoms with van der Waals surface area (Å²) in [5, 5.41) is 3.41. The van der Waals surface area contributed by atoms with Gasteiger partial charge in [-0.3, -0.25) is 4.79 Å². The number of hydrogen-bond acceptors (Lipinski definition) is 5. The van der Waals surface area contributed by atoms with Gasteiger partial charge >= 0.3 is 0 Å².